The molecule has 30 heavy (non-hydrogen) atoms. The third-order valence-corrected chi connectivity index (χ3v) is 3.89. The van der Waals surface area contributed by atoms with E-state index in [2.05, 4.69) is 0 Å². The molecule has 0 radical (unpaired) electrons. The van der Waals surface area contributed by atoms with Gasteiger partial charge in [0, 0.05) is 27.0 Å². The average Bonchev–Trinajstić information content (AvgIpc) is 2.88. The maximum atomic E-state index is 13.1. The number of nitrogens with zero attached hydrogens (tertiary/aromatic N) is 1. The van der Waals surface area contributed by atoms with E-state index in [0.29, 0.717) is 4.57 Å². The fraction of sp³-hybridized carbons (Fsp3) is 0.562. The first kappa shape index (κ1) is 23.1. The van der Waals surface area contributed by atoms with Crippen LogP contribution in [0.4, 0.5) is 13.2 Å². The summed E-state index contributed by atoms with van der Waals surface area (Å²) >= 11 is 0. The molecular formula is C16H17F3N2O9. The Balaban J connectivity index is 2.56. The molecule has 1 aromatic rings. The highest BCUT2D eigenvalue weighted by molar-refractivity contribution is 5.68. The number of aromatic amines is 1. The fourth-order valence-electron chi connectivity index (χ4n) is 2.79. The molecule has 166 valence electrons. The summed E-state index contributed by atoms with van der Waals surface area (Å²) in [7, 11) is 0. The molecule has 0 aromatic carbocycles. The van der Waals surface area contributed by atoms with Gasteiger partial charge in [0.25, 0.3) is 5.56 Å². The van der Waals surface area contributed by atoms with Gasteiger partial charge in [-0.3, -0.25) is 28.7 Å². The number of nitrogens with one attached hydrogen (secondary N) is 1. The van der Waals surface area contributed by atoms with Crippen molar-refractivity contribution in [2.24, 2.45) is 0 Å². The lowest BCUT2D eigenvalue weighted by Gasteiger charge is -2.24. The minimum absolute atomic E-state index is 0.196. The highest BCUT2D eigenvalue weighted by Gasteiger charge is 2.51. The molecule has 0 bridgehead atoms. The van der Waals surface area contributed by atoms with E-state index in [1.54, 1.807) is 0 Å². The van der Waals surface area contributed by atoms with Crippen LogP contribution in [-0.2, 0) is 39.5 Å². The largest absolute Gasteiger partial charge is 0.463 e. The van der Waals surface area contributed by atoms with Crippen molar-refractivity contribution in [2.75, 3.05) is 6.61 Å². The van der Waals surface area contributed by atoms with Gasteiger partial charge < -0.3 is 18.9 Å². The molecule has 2 rings (SSSR count). The second-order valence-electron chi connectivity index (χ2n) is 6.22. The van der Waals surface area contributed by atoms with Gasteiger partial charge in [0.05, 0.1) is 0 Å². The van der Waals surface area contributed by atoms with Crippen LogP contribution < -0.4 is 11.2 Å². The minimum atomic E-state index is -5.11. The van der Waals surface area contributed by atoms with Gasteiger partial charge in [-0.1, -0.05) is 0 Å². The van der Waals surface area contributed by atoms with Crippen LogP contribution in [0.5, 0.6) is 0 Å². The highest BCUT2D eigenvalue weighted by atomic mass is 19.4. The van der Waals surface area contributed by atoms with Crippen molar-refractivity contribution in [3.05, 3.63) is 32.6 Å². The Hall–Kier alpha value is -3.16. The molecule has 1 aromatic heterocycles. The third kappa shape index (κ3) is 5.25. The number of rotatable bonds is 5. The van der Waals surface area contributed by atoms with E-state index in [1.807, 2.05) is 0 Å². The van der Waals surface area contributed by atoms with Gasteiger partial charge in [-0.15, -0.1) is 0 Å². The van der Waals surface area contributed by atoms with E-state index in [4.69, 9.17) is 18.9 Å². The lowest BCUT2D eigenvalue weighted by atomic mass is 10.1. The Bertz CT molecular complexity index is 953. The molecule has 1 aliphatic heterocycles. The topological polar surface area (TPSA) is 143 Å². The minimum Gasteiger partial charge on any atom is -0.463 e. The Labute approximate surface area is 165 Å². The van der Waals surface area contributed by atoms with Crippen LogP contribution in [0.25, 0.3) is 0 Å². The molecule has 0 saturated carbocycles. The van der Waals surface area contributed by atoms with Gasteiger partial charge in [-0.2, -0.15) is 13.2 Å². The molecule has 1 saturated heterocycles. The zero-order valence-corrected chi connectivity index (χ0v) is 15.8. The summed E-state index contributed by atoms with van der Waals surface area (Å²) in [6.07, 6.45) is -10.9. The van der Waals surface area contributed by atoms with Crippen molar-refractivity contribution >= 4 is 17.9 Å². The molecule has 11 nitrogen and oxygen atoms in total. The van der Waals surface area contributed by atoms with Gasteiger partial charge in [-0.25, -0.2) is 4.79 Å². The van der Waals surface area contributed by atoms with Crippen molar-refractivity contribution in [3.63, 3.8) is 0 Å². The molecule has 1 N–H and O–H groups in total. The quantitative estimate of drug-likeness (QED) is 0.492. The first-order valence-corrected chi connectivity index (χ1v) is 8.37. The predicted octanol–water partition coefficient (Wildman–Crippen LogP) is -0.121. The second kappa shape index (κ2) is 8.69. The molecule has 4 atom stereocenters. The van der Waals surface area contributed by atoms with Crippen LogP contribution in [0.3, 0.4) is 0 Å². The molecule has 2 heterocycles. The maximum absolute atomic E-state index is 13.1. The lowest BCUT2D eigenvalue weighted by Crippen LogP contribution is -2.43. The van der Waals surface area contributed by atoms with Crippen LogP contribution in [0.15, 0.2) is 15.8 Å². The number of hydrogen-bond donors (Lipinski definition) is 1. The summed E-state index contributed by atoms with van der Waals surface area (Å²) in [6, 6.07) is 0. The van der Waals surface area contributed by atoms with Gasteiger partial charge in [0.2, 0.25) is 0 Å². The van der Waals surface area contributed by atoms with Crippen molar-refractivity contribution in [2.45, 2.75) is 51.5 Å². The smallest absolute Gasteiger partial charge is 0.423 e. The number of H-pyrrole nitrogens is 1. The highest BCUT2D eigenvalue weighted by Crippen LogP contribution is 2.34. The summed E-state index contributed by atoms with van der Waals surface area (Å²) in [5.74, 6) is -2.53. The standard InChI is InChI=1S/C16H17F3N2O9/c1-6(22)27-5-10-11(28-7(2)23)12(29-8(3)24)14(30-10)21-4-9(16(17,18)19)13(25)20-15(21)26/h4,10-12,14H,5H2,1-3H3,(H,20,25,26)/t10-,11-,12+,14-/m1/s1. The van der Waals surface area contributed by atoms with Crippen LogP contribution in [0.1, 0.15) is 32.6 Å². The zero-order chi connectivity index (χ0) is 22.8. The van der Waals surface area contributed by atoms with Crippen LogP contribution >= 0.6 is 0 Å². The Morgan fingerprint density at radius 2 is 1.63 bits per heavy atom. The van der Waals surface area contributed by atoms with Gasteiger partial charge in [0.1, 0.15) is 18.3 Å². The number of alkyl halides is 3. The molecule has 0 aliphatic carbocycles. The number of hydrogen-bond acceptors (Lipinski definition) is 9. The summed E-state index contributed by atoms with van der Waals surface area (Å²) in [5, 5.41) is 0. The molecule has 1 fully saturated rings. The molecule has 14 heteroatoms. The molecule has 1 aliphatic rings. The average molecular weight is 438 g/mol. The van der Waals surface area contributed by atoms with Crippen LogP contribution in [0, 0.1) is 0 Å². The van der Waals surface area contributed by atoms with Crippen LogP contribution in [-0.4, -0.2) is 52.4 Å². The number of halogens is 3. The SMILES string of the molecule is CC(=O)OC[C@H]1O[C@@H](n2cc(C(F)(F)F)c(=O)[nH]c2=O)[C@@H](OC(C)=O)[C@@H]1OC(C)=O. The van der Waals surface area contributed by atoms with E-state index in [-0.39, 0.29) is 6.20 Å². The summed E-state index contributed by atoms with van der Waals surface area (Å²) in [5.41, 5.74) is -4.69. The molecular weight excluding hydrogens is 421 g/mol. The van der Waals surface area contributed by atoms with Crippen molar-refractivity contribution in [1.29, 1.82) is 0 Å². The van der Waals surface area contributed by atoms with Crippen molar-refractivity contribution in [1.82, 2.24) is 9.55 Å². The van der Waals surface area contributed by atoms with Gasteiger partial charge >= 0.3 is 29.8 Å². The monoisotopic (exact) mass is 438 g/mol. The van der Waals surface area contributed by atoms with E-state index in [1.165, 1.54) is 4.98 Å². The maximum Gasteiger partial charge on any atom is 0.423 e. The van der Waals surface area contributed by atoms with Crippen molar-refractivity contribution < 1.29 is 46.5 Å². The van der Waals surface area contributed by atoms with Gasteiger partial charge in [-0.05, 0) is 0 Å². The number of ether oxygens (including phenoxy) is 4. The Kier molecular flexibility index (Phi) is 6.70. The molecule has 0 unspecified atom stereocenters. The van der Waals surface area contributed by atoms with Gasteiger partial charge in [0.15, 0.2) is 18.4 Å². The number of aromatic nitrogens is 2. The predicted molar refractivity (Wildman–Crippen MR) is 88.0 cm³/mol. The number of esters is 3. The fourth-order valence-corrected chi connectivity index (χ4v) is 2.79. The van der Waals surface area contributed by atoms with Crippen LogP contribution in [0.2, 0.25) is 0 Å². The zero-order valence-electron chi connectivity index (χ0n) is 15.8. The van der Waals surface area contributed by atoms with E-state index < -0.39 is 72.0 Å². The van der Waals surface area contributed by atoms with E-state index >= 15 is 0 Å². The van der Waals surface area contributed by atoms with Crippen molar-refractivity contribution in [3.8, 4) is 0 Å². The third-order valence-electron chi connectivity index (χ3n) is 3.89. The number of carbonyl (C=O) groups is 3. The molecule has 0 amide bonds. The first-order chi connectivity index (χ1) is 13.8. The normalized spacial score (nSPS) is 23.7. The first-order valence-electron chi connectivity index (χ1n) is 8.37. The number of carbonyl (C=O) groups excluding carboxylic acids is 3. The van der Waals surface area contributed by atoms with E-state index in [9.17, 15) is 37.1 Å². The van der Waals surface area contributed by atoms with E-state index in [0.717, 1.165) is 20.8 Å². The molecule has 0 spiro atoms. The lowest BCUT2D eigenvalue weighted by molar-refractivity contribution is -0.166. The summed E-state index contributed by atoms with van der Waals surface area (Å²) < 4.78 is 60.0. The Morgan fingerprint density at radius 1 is 1.07 bits per heavy atom. The summed E-state index contributed by atoms with van der Waals surface area (Å²) in [6.45, 7) is 2.53. The summed E-state index contributed by atoms with van der Waals surface area (Å²) in [4.78, 5) is 59.3. The second-order valence-corrected chi connectivity index (χ2v) is 6.22. The Morgan fingerprint density at radius 3 is 2.13 bits per heavy atom.